The lowest BCUT2D eigenvalue weighted by atomic mass is 10.0. The van der Waals surface area contributed by atoms with Gasteiger partial charge in [-0.1, -0.05) is 84.0 Å². The van der Waals surface area contributed by atoms with Gasteiger partial charge in [0, 0.05) is 6.42 Å². The van der Waals surface area contributed by atoms with Crippen molar-refractivity contribution >= 4 is 5.97 Å². The molecule has 2 atom stereocenters. The van der Waals surface area contributed by atoms with Crippen molar-refractivity contribution in [1.82, 2.24) is 0 Å². The van der Waals surface area contributed by atoms with Crippen molar-refractivity contribution in [2.24, 2.45) is 11.8 Å². The zero-order valence-corrected chi connectivity index (χ0v) is 15.8. The van der Waals surface area contributed by atoms with Crippen molar-refractivity contribution in [2.45, 2.75) is 110 Å². The predicted molar refractivity (Wildman–Crippen MR) is 98.5 cm³/mol. The number of rotatable bonds is 16. The Balaban J connectivity index is 1.77. The summed E-state index contributed by atoms with van der Waals surface area (Å²) in [6.07, 6.45) is 19.9. The summed E-state index contributed by atoms with van der Waals surface area (Å²) >= 11 is 0. The van der Waals surface area contributed by atoms with Crippen LogP contribution in [0.25, 0.3) is 0 Å². The first kappa shape index (κ1) is 20.5. The molecule has 0 unspecified atom stereocenters. The lowest BCUT2D eigenvalue weighted by molar-refractivity contribution is -0.143. The number of carbonyl (C=O) groups excluding carboxylic acids is 1. The van der Waals surface area contributed by atoms with Crippen LogP contribution in [-0.4, -0.2) is 12.6 Å². The summed E-state index contributed by atoms with van der Waals surface area (Å²) in [6, 6.07) is 0. The van der Waals surface area contributed by atoms with E-state index >= 15 is 0 Å². The molecule has 2 heteroatoms. The molecule has 23 heavy (non-hydrogen) atoms. The van der Waals surface area contributed by atoms with E-state index in [1.165, 1.54) is 83.5 Å². The van der Waals surface area contributed by atoms with Crippen LogP contribution in [0.3, 0.4) is 0 Å². The second kappa shape index (κ2) is 13.9. The molecule has 0 aromatic heterocycles. The minimum Gasteiger partial charge on any atom is -0.466 e. The van der Waals surface area contributed by atoms with Gasteiger partial charge < -0.3 is 4.74 Å². The first-order valence-corrected chi connectivity index (χ1v) is 10.4. The summed E-state index contributed by atoms with van der Waals surface area (Å²) in [7, 11) is 0. The molecule has 0 bridgehead atoms. The molecular weight excluding hydrogens is 284 g/mol. The second-order valence-corrected chi connectivity index (χ2v) is 7.42. The molecule has 0 radical (unpaired) electrons. The normalized spacial score (nSPS) is 19.7. The van der Waals surface area contributed by atoms with E-state index in [-0.39, 0.29) is 5.97 Å². The van der Waals surface area contributed by atoms with E-state index in [0.29, 0.717) is 13.0 Å². The van der Waals surface area contributed by atoms with Crippen LogP contribution in [0, 0.1) is 11.8 Å². The first-order chi connectivity index (χ1) is 11.3. The molecule has 1 aliphatic rings. The summed E-state index contributed by atoms with van der Waals surface area (Å²) < 4.78 is 4.94. The van der Waals surface area contributed by atoms with E-state index in [1.807, 2.05) is 6.92 Å². The summed E-state index contributed by atoms with van der Waals surface area (Å²) in [5.74, 6) is 2.11. The van der Waals surface area contributed by atoms with Gasteiger partial charge in [0.1, 0.15) is 0 Å². The summed E-state index contributed by atoms with van der Waals surface area (Å²) in [4.78, 5) is 11.2. The third kappa shape index (κ3) is 11.6. The van der Waals surface area contributed by atoms with Crippen molar-refractivity contribution < 1.29 is 9.53 Å². The Bertz CT molecular complexity index is 288. The van der Waals surface area contributed by atoms with Crippen molar-refractivity contribution in [1.29, 1.82) is 0 Å². The molecule has 1 rings (SSSR count). The van der Waals surface area contributed by atoms with Gasteiger partial charge >= 0.3 is 5.97 Å². The highest BCUT2D eigenvalue weighted by atomic mass is 16.5. The second-order valence-electron chi connectivity index (χ2n) is 7.42. The van der Waals surface area contributed by atoms with Gasteiger partial charge in [0.05, 0.1) is 6.61 Å². The lowest BCUT2D eigenvalue weighted by Crippen LogP contribution is -2.03. The highest BCUT2D eigenvalue weighted by molar-refractivity contribution is 5.69. The minimum atomic E-state index is -0.0250. The van der Waals surface area contributed by atoms with Crippen molar-refractivity contribution in [3.05, 3.63) is 0 Å². The molecule has 0 aromatic rings. The van der Waals surface area contributed by atoms with Crippen molar-refractivity contribution in [2.75, 3.05) is 6.61 Å². The molecule has 1 fully saturated rings. The highest BCUT2D eigenvalue weighted by Gasteiger charge is 2.34. The SMILES string of the molecule is CCCCCCCC[C@@H]1C[C@H]1CCCCCCCC(=O)OCC. The van der Waals surface area contributed by atoms with Crippen LogP contribution in [0.2, 0.25) is 0 Å². The Morgan fingerprint density at radius 2 is 1.30 bits per heavy atom. The molecular formula is C21H40O2. The molecule has 0 saturated heterocycles. The maximum atomic E-state index is 11.2. The maximum absolute atomic E-state index is 11.2. The smallest absolute Gasteiger partial charge is 0.305 e. The third-order valence-corrected chi connectivity index (χ3v) is 5.26. The van der Waals surface area contributed by atoms with Gasteiger partial charge in [-0.15, -0.1) is 0 Å². The lowest BCUT2D eigenvalue weighted by Gasteiger charge is -2.03. The number of hydrogen-bond donors (Lipinski definition) is 0. The monoisotopic (exact) mass is 324 g/mol. The van der Waals surface area contributed by atoms with Crippen molar-refractivity contribution in [3.8, 4) is 0 Å². The summed E-state index contributed by atoms with van der Waals surface area (Å²) in [6.45, 7) is 4.67. The van der Waals surface area contributed by atoms with Gasteiger partial charge in [0.15, 0.2) is 0 Å². The molecule has 0 aliphatic heterocycles. The van der Waals surface area contributed by atoms with Crippen LogP contribution in [0.1, 0.15) is 110 Å². The summed E-state index contributed by atoms with van der Waals surface area (Å²) in [5.41, 5.74) is 0. The molecule has 0 heterocycles. The topological polar surface area (TPSA) is 26.3 Å². The van der Waals surface area contributed by atoms with E-state index in [0.717, 1.165) is 18.3 Å². The van der Waals surface area contributed by atoms with E-state index < -0.39 is 0 Å². The van der Waals surface area contributed by atoms with Crippen LogP contribution in [0.15, 0.2) is 0 Å². The van der Waals surface area contributed by atoms with Gasteiger partial charge in [-0.3, -0.25) is 4.79 Å². The van der Waals surface area contributed by atoms with Gasteiger partial charge in [-0.05, 0) is 31.6 Å². The van der Waals surface area contributed by atoms with Crippen LogP contribution in [0.5, 0.6) is 0 Å². The largest absolute Gasteiger partial charge is 0.466 e. The molecule has 0 N–H and O–H groups in total. The van der Waals surface area contributed by atoms with Crippen LogP contribution >= 0.6 is 0 Å². The molecule has 136 valence electrons. The fraction of sp³-hybridized carbons (Fsp3) is 0.952. The number of carbonyl (C=O) groups is 1. The van der Waals surface area contributed by atoms with E-state index in [1.54, 1.807) is 0 Å². The van der Waals surface area contributed by atoms with E-state index in [4.69, 9.17) is 4.74 Å². The fourth-order valence-electron chi connectivity index (χ4n) is 3.64. The van der Waals surface area contributed by atoms with E-state index in [9.17, 15) is 4.79 Å². The minimum absolute atomic E-state index is 0.0250. The first-order valence-electron chi connectivity index (χ1n) is 10.4. The number of hydrogen-bond acceptors (Lipinski definition) is 2. The van der Waals surface area contributed by atoms with Crippen LogP contribution in [0.4, 0.5) is 0 Å². The van der Waals surface area contributed by atoms with Gasteiger partial charge in [-0.2, -0.15) is 0 Å². The predicted octanol–water partition coefficient (Wildman–Crippen LogP) is 6.67. The molecule has 0 spiro atoms. The molecule has 1 aliphatic carbocycles. The molecule has 0 amide bonds. The number of esters is 1. The van der Waals surface area contributed by atoms with Gasteiger partial charge in [0.2, 0.25) is 0 Å². The Labute approximate surface area is 144 Å². The Kier molecular flexibility index (Phi) is 12.4. The Hall–Kier alpha value is -0.530. The van der Waals surface area contributed by atoms with Crippen LogP contribution < -0.4 is 0 Å². The van der Waals surface area contributed by atoms with Gasteiger partial charge in [-0.25, -0.2) is 0 Å². The Morgan fingerprint density at radius 3 is 1.87 bits per heavy atom. The van der Waals surface area contributed by atoms with Crippen molar-refractivity contribution in [3.63, 3.8) is 0 Å². The maximum Gasteiger partial charge on any atom is 0.305 e. The zero-order valence-electron chi connectivity index (χ0n) is 15.8. The molecule has 2 nitrogen and oxygen atoms in total. The third-order valence-electron chi connectivity index (χ3n) is 5.26. The highest BCUT2D eigenvalue weighted by Crippen LogP contribution is 2.45. The molecule has 0 aromatic carbocycles. The zero-order chi connectivity index (χ0) is 16.8. The summed E-state index contributed by atoms with van der Waals surface area (Å²) in [5, 5.41) is 0. The Morgan fingerprint density at radius 1 is 0.783 bits per heavy atom. The van der Waals surface area contributed by atoms with E-state index in [2.05, 4.69) is 6.92 Å². The van der Waals surface area contributed by atoms with Gasteiger partial charge in [0.25, 0.3) is 0 Å². The average Bonchev–Trinajstić information content (AvgIpc) is 3.28. The van der Waals surface area contributed by atoms with Crippen LogP contribution in [-0.2, 0) is 9.53 Å². The molecule has 1 saturated carbocycles. The quantitative estimate of drug-likeness (QED) is 0.234. The standard InChI is InChI=1S/C21H40O2/c1-3-5-6-7-9-12-15-19-18-20(19)16-13-10-8-11-14-17-21(22)23-4-2/h19-20H,3-18H2,1-2H3/t19-,20-/m1/s1. The fourth-order valence-corrected chi connectivity index (χ4v) is 3.64. The number of ether oxygens (including phenoxy) is 1. The number of unbranched alkanes of at least 4 members (excludes halogenated alkanes) is 9. The average molecular weight is 325 g/mol.